The van der Waals surface area contributed by atoms with Crippen LogP contribution in [0.3, 0.4) is 0 Å². The maximum absolute atomic E-state index is 13.8. The van der Waals surface area contributed by atoms with E-state index in [2.05, 4.69) is 29.4 Å². The number of amides is 4. The highest BCUT2D eigenvalue weighted by Crippen LogP contribution is 2.39. The van der Waals surface area contributed by atoms with Crippen molar-refractivity contribution in [1.82, 2.24) is 15.1 Å². The van der Waals surface area contributed by atoms with E-state index in [1.807, 2.05) is 54.6 Å². The van der Waals surface area contributed by atoms with Crippen molar-refractivity contribution in [3.8, 4) is 0 Å². The van der Waals surface area contributed by atoms with Crippen molar-refractivity contribution in [2.75, 3.05) is 56.8 Å². The van der Waals surface area contributed by atoms with Crippen molar-refractivity contribution < 1.29 is 19.1 Å². The maximum atomic E-state index is 13.8. The van der Waals surface area contributed by atoms with Crippen LogP contribution in [-0.4, -0.2) is 79.7 Å². The van der Waals surface area contributed by atoms with Gasteiger partial charge in [-0.1, -0.05) is 44.2 Å². The van der Waals surface area contributed by atoms with Gasteiger partial charge >= 0.3 is 6.03 Å². The Kier molecular flexibility index (Phi) is 8.89. The molecule has 0 bridgehead atoms. The van der Waals surface area contributed by atoms with Gasteiger partial charge in [-0.2, -0.15) is 0 Å². The third-order valence-electron chi connectivity index (χ3n) is 7.47. The van der Waals surface area contributed by atoms with Gasteiger partial charge in [0.25, 0.3) is 5.91 Å². The van der Waals surface area contributed by atoms with Crippen molar-refractivity contribution in [2.24, 2.45) is 0 Å². The first-order chi connectivity index (χ1) is 18.3. The number of piperidine rings is 1. The molecule has 0 atom stereocenters. The number of para-hydroxylation sites is 1. The predicted molar refractivity (Wildman–Crippen MR) is 148 cm³/mol. The number of anilines is 2. The van der Waals surface area contributed by atoms with Gasteiger partial charge < -0.3 is 30.1 Å². The molecule has 2 aliphatic heterocycles. The predicted octanol–water partition coefficient (Wildman–Crippen LogP) is 3.64. The molecular weight excluding hydrogens is 482 g/mol. The smallest absolute Gasteiger partial charge is 0.321 e. The molecule has 0 radical (unpaired) electrons. The summed E-state index contributed by atoms with van der Waals surface area (Å²) in [5.41, 5.74) is 2.13. The largest absolute Gasteiger partial charge is 0.385 e. The molecule has 9 nitrogen and oxygen atoms in total. The van der Waals surface area contributed by atoms with E-state index in [0.29, 0.717) is 51.7 Å². The van der Waals surface area contributed by atoms with Crippen LogP contribution in [0.4, 0.5) is 16.2 Å². The van der Waals surface area contributed by atoms with Crippen molar-refractivity contribution in [3.05, 3.63) is 60.2 Å². The Morgan fingerprint density at radius 1 is 1.03 bits per heavy atom. The second-order valence-electron chi connectivity index (χ2n) is 10.3. The highest BCUT2D eigenvalue weighted by atomic mass is 16.5. The number of nitrogens with one attached hydrogen (secondary N) is 2. The number of urea groups is 1. The first-order valence-electron chi connectivity index (χ1n) is 13.4. The summed E-state index contributed by atoms with van der Waals surface area (Å²) in [6.45, 7) is 6.58. The minimum atomic E-state index is -0.784. The van der Waals surface area contributed by atoms with Gasteiger partial charge in [-0.05, 0) is 55.0 Å². The Morgan fingerprint density at radius 3 is 2.34 bits per heavy atom. The Labute approximate surface area is 225 Å². The highest BCUT2D eigenvalue weighted by molar-refractivity contribution is 5.97. The normalized spacial score (nSPS) is 16.8. The number of benzene rings is 2. The summed E-state index contributed by atoms with van der Waals surface area (Å²) in [6.07, 6.45) is 1.70. The number of methoxy groups -OCH3 is 1. The zero-order valence-electron chi connectivity index (χ0n) is 22.6. The van der Waals surface area contributed by atoms with E-state index in [9.17, 15) is 14.4 Å². The molecule has 1 spiro atoms. The molecule has 0 saturated carbocycles. The van der Waals surface area contributed by atoms with Crippen LogP contribution in [0, 0.1) is 0 Å². The third-order valence-corrected chi connectivity index (χ3v) is 7.47. The lowest BCUT2D eigenvalue weighted by atomic mass is 9.85. The van der Waals surface area contributed by atoms with Gasteiger partial charge in [0.1, 0.15) is 12.1 Å². The fourth-order valence-corrected chi connectivity index (χ4v) is 5.23. The van der Waals surface area contributed by atoms with Crippen LogP contribution >= 0.6 is 0 Å². The molecule has 4 rings (SSSR count). The average Bonchev–Trinajstić information content (AvgIpc) is 3.18. The zero-order chi connectivity index (χ0) is 27.1. The van der Waals surface area contributed by atoms with E-state index in [1.54, 1.807) is 16.9 Å². The lowest BCUT2D eigenvalue weighted by Crippen LogP contribution is -2.58. The highest BCUT2D eigenvalue weighted by Gasteiger charge is 2.54. The molecule has 2 heterocycles. The van der Waals surface area contributed by atoms with E-state index in [4.69, 9.17) is 4.74 Å². The molecule has 2 aromatic carbocycles. The molecule has 0 aliphatic carbocycles. The number of rotatable bonds is 9. The third kappa shape index (κ3) is 6.10. The van der Waals surface area contributed by atoms with Crippen LogP contribution in [0.25, 0.3) is 0 Å². The lowest BCUT2D eigenvalue weighted by Gasteiger charge is -2.43. The van der Waals surface area contributed by atoms with Crippen molar-refractivity contribution in [3.63, 3.8) is 0 Å². The fraction of sp³-hybridized carbons (Fsp3) is 0.483. The van der Waals surface area contributed by atoms with Crippen molar-refractivity contribution >= 4 is 29.2 Å². The summed E-state index contributed by atoms with van der Waals surface area (Å²) in [4.78, 5) is 44.9. The minimum Gasteiger partial charge on any atom is -0.385 e. The molecule has 204 valence electrons. The first kappa shape index (κ1) is 27.4. The maximum Gasteiger partial charge on any atom is 0.321 e. The molecule has 2 fully saturated rings. The number of hydrogen-bond donors (Lipinski definition) is 2. The SMILES string of the molecule is COCCCNC(=O)CN1CN(c2ccccc2)C2(CCN(C(=O)Nc3ccc(C(C)C)cc3)CC2)C1=O. The number of carbonyl (C=O) groups is 3. The number of likely N-dealkylation sites (tertiary alicyclic amines) is 1. The van der Waals surface area contributed by atoms with E-state index < -0.39 is 5.54 Å². The Bertz CT molecular complexity index is 1100. The summed E-state index contributed by atoms with van der Waals surface area (Å²) in [5, 5.41) is 5.86. The molecule has 2 aromatic rings. The zero-order valence-corrected chi connectivity index (χ0v) is 22.6. The quantitative estimate of drug-likeness (QED) is 0.492. The van der Waals surface area contributed by atoms with Gasteiger partial charge in [0, 0.05) is 44.7 Å². The van der Waals surface area contributed by atoms with Gasteiger partial charge in [0.2, 0.25) is 5.91 Å². The van der Waals surface area contributed by atoms with E-state index >= 15 is 0 Å². The average molecular weight is 522 g/mol. The van der Waals surface area contributed by atoms with E-state index in [1.165, 1.54) is 5.56 Å². The van der Waals surface area contributed by atoms with Crippen LogP contribution in [0.1, 0.15) is 44.6 Å². The summed E-state index contributed by atoms with van der Waals surface area (Å²) >= 11 is 0. The summed E-state index contributed by atoms with van der Waals surface area (Å²) < 4.78 is 5.03. The number of carbonyl (C=O) groups excluding carboxylic acids is 3. The van der Waals surface area contributed by atoms with Gasteiger partial charge in [-0.15, -0.1) is 0 Å². The Morgan fingerprint density at radius 2 is 1.71 bits per heavy atom. The molecule has 2 N–H and O–H groups in total. The molecule has 4 amide bonds. The number of nitrogens with zero attached hydrogens (tertiary/aromatic N) is 3. The number of hydrogen-bond acceptors (Lipinski definition) is 5. The molecule has 2 saturated heterocycles. The fourth-order valence-electron chi connectivity index (χ4n) is 5.23. The van der Waals surface area contributed by atoms with Crippen LogP contribution in [0.15, 0.2) is 54.6 Å². The van der Waals surface area contributed by atoms with Crippen LogP contribution in [0.5, 0.6) is 0 Å². The lowest BCUT2D eigenvalue weighted by molar-refractivity contribution is -0.137. The van der Waals surface area contributed by atoms with Gasteiger partial charge in [-0.3, -0.25) is 9.59 Å². The monoisotopic (exact) mass is 521 g/mol. The van der Waals surface area contributed by atoms with E-state index in [0.717, 1.165) is 17.8 Å². The standard InChI is InChI=1S/C29H39N5O4/c1-22(2)23-10-12-24(13-11-23)31-28(37)32-17-14-29(15-18-32)27(36)33(20-26(35)30-16-7-19-38-3)21-34(29)25-8-5-4-6-9-25/h4-6,8-13,22H,7,14-21H2,1-3H3,(H,30,35)(H,31,37). The summed E-state index contributed by atoms with van der Waals surface area (Å²) in [6, 6.07) is 17.6. The number of ether oxygens (including phenoxy) is 1. The topological polar surface area (TPSA) is 94.2 Å². The van der Waals surface area contributed by atoms with Crippen molar-refractivity contribution in [1.29, 1.82) is 0 Å². The second kappa shape index (κ2) is 12.3. The van der Waals surface area contributed by atoms with Crippen LogP contribution in [0.2, 0.25) is 0 Å². The van der Waals surface area contributed by atoms with Crippen LogP contribution in [-0.2, 0) is 14.3 Å². The Balaban J connectivity index is 1.42. The summed E-state index contributed by atoms with van der Waals surface area (Å²) in [5.74, 6) is 0.188. The van der Waals surface area contributed by atoms with Gasteiger partial charge in [0.05, 0.1) is 6.67 Å². The van der Waals surface area contributed by atoms with E-state index in [-0.39, 0.29) is 24.4 Å². The molecular formula is C29H39N5O4. The molecule has 0 unspecified atom stereocenters. The van der Waals surface area contributed by atoms with Crippen LogP contribution < -0.4 is 15.5 Å². The Hall–Kier alpha value is -3.59. The van der Waals surface area contributed by atoms with Gasteiger partial charge in [0.15, 0.2) is 0 Å². The summed E-state index contributed by atoms with van der Waals surface area (Å²) in [7, 11) is 1.63. The molecule has 9 heteroatoms. The van der Waals surface area contributed by atoms with Crippen molar-refractivity contribution in [2.45, 2.75) is 44.6 Å². The first-order valence-corrected chi connectivity index (χ1v) is 13.4. The molecule has 2 aliphatic rings. The molecule has 38 heavy (non-hydrogen) atoms. The molecule has 0 aromatic heterocycles. The minimum absolute atomic E-state index is 0.00741. The van der Waals surface area contributed by atoms with Gasteiger partial charge in [-0.25, -0.2) is 4.79 Å². The second-order valence-corrected chi connectivity index (χ2v) is 10.3.